The maximum atomic E-state index is 5.62. The van der Waals surface area contributed by atoms with E-state index >= 15 is 0 Å². The Balaban J connectivity index is 1.85. The van der Waals surface area contributed by atoms with Crippen molar-refractivity contribution in [2.45, 2.75) is 51.9 Å². The third-order valence-electron chi connectivity index (χ3n) is 2.99. The molecule has 0 radical (unpaired) electrons. The second-order valence-corrected chi connectivity index (χ2v) is 4.62. The van der Waals surface area contributed by atoms with Crippen molar-refractivity contribution in [3.8, 4) is 0 Å². The van der Waals surface area contributed by atoms with Crippen LogP contribution in [0.4, 0.5) is 0 Å². The lowest BCUT2D eigenvalue weighted by molar-refractivity contribution is 0.126. The van der Waals surface area contributed by atoms with Crippen LogP contribution in [0.5, 0.6) is 0 Å². The van der Waals surface area contributed by atoms with Crippen molar-refractivity contribution in [1.29, 1.82) is 0 Å². The fourth-order valence-electron chi connectivity index (χ4n) is 1.91. The van der Waals surface area contributed by atoms with Gasteiger partial charge in [0, 0.05) is 13.2 Å². The highest BCUT2D eigenvalue weighted by Gasteiger charge is 1.93. The zero-order valence-electron chi connectivity index (χ0n) is 11.2. The van der Waals surface area contributed by atoms with Crippen LogP contribution in [0, 0.1) is 0 Å². The zero-order valence-corrected chi connectivity index (χ0v) is 11.2. The topological polar surface area (TPSA) is 9.23 Å². The molecule has 0 heterocycles. The minimum atomic E-state index is 0.930. The first-order chi connectivity index (χ1) is 8.43. The van der Waals surface area contributed by atoms with Crippen molar-refractivity contribution in [2.75, 3.05) is 13.2 Å². The van der Waals surface area contributed by atoms with Crippen LogP contribution < -0.4 is 0 Å². The van der Waals surface area contributed by atoms with Gasteiger partial charge in [-0.15, -0.1) is 0 Å². The van der Waals surface area contributed by atoms with Crippen molar-refractivity contribution in [1.82, 2.24) is 0 Å². The van der Waals surface area contributed by atoms with Crippen LogP contribution in [-0.4, -0.2) is 13.2 Å². The minimum Gasteiger partial charge on any atom is -0.381 e. The Bertz CT molecular complexity index is 255. The summed E-state index contributed by atoms with van der Waals surface area (Å²) in [4.78, 5) is 0. The summed E-state index contributed by atoms with van der Waals surface area (Å²) >= 11 is 0. The van der Waals surface area contributed by atoms with Crippen molar-refractivity contribution >= 4 is 0 Å². The third kappa shape index (κ3) is 7.98. The van der Waals surface area contributed by atoms with Gasteiger partial charge in [-0.2, -0.15) is 0 Å². The minimum absolute atomic E-state index is 0.930. The standard InChI is InChI=1S/C16H26O/c1-2-3-4-9-14-17-15-10-8-13-16-11-6-5-7-12-16/h5-7,11-12H,2-4,8-10,13-15H2,1H3. The smallest absolute Gasteiger partial charge is 0.0466 e. The molecule has 1 rings (SSSR count). The maximum absolute atomic E-state index is 5.62. The van der Waals surface area contributed by atoms with E-state index in [9.17, 15) is 0 Å². The van der Waals surface area contributed by atoms with Gasteiger partial charge in [-0.3, -0.25) is 0 Å². The van der Waals surface area contributed by atoms with Gasteiger partial charge < -0.3 is 4.74 Å². The number of hydrogen-bond acceptors (Lipinski definition) is 1. The Hall–Kier alpha value is -0.820. The molecule has 96 valence electrons. The Kier molecular flexibility index (Phi) is 8.66. The molecule has 0 aliphatic carbocycles. The fraction of sp³-hybridized carbons (Fsp3) is 0.625. The van der Waals surface area contributed by atoms with E-state index in [0.29, 0.717) is 0 Å². The largest absolute Gasteiger partial charge is 0.381 e. The summed E-state index contributed by atoms with van der Waals surface area (Å²) in [5.41, 5.74) is 1.44. The molecule has 0 spiro atoms. The van der Waals surface area contributed by atoms with Gasteiger partial charge >= 0.3 is 0 Å². The monoisotopic (exact) mass is 234 g/mol. The molecule has 1 heteroatoms. The highest BCUT2D eigenvalue weighted by Crippen LogP contribution is 2.05. The predicted octanol–water partition coefficient (Wildman–Crippen LogP) is 4.61. The van der Waals surface area contributed by atoms with Crippen molar-refractivity contribution in [3.63, 3.8) is 0 Å². The number of benzene rings is 1. The number of ether oxygens (including phenoxy) is 1. The fourth-order valence-corrected chi connectivity index (χ4v) is 1.91. The van der Waals surface area contributed by atoms with E-state index < -0.39 is 0 Å². The molecule has 0 saturated carbocycles. The van der Waals surface area contributed by atoms with E-state index in [1.165, 1.54) is 50.5 Å². The first-order valence-electron chi connectivity index (χ1n) is 7.05. The lowest BCUT2D eigenvalue weighted by Crippen LogP contribution is -1.98. The molecule has 1 aromatic rings. The van der Waals surface area contributed by atoms with Crippen LogP contribution in [0.2, 0.25) is 0 Å². The number of hydrogen-bond donors (Lipinski definition) is 0. The molecule has 0 saturated heterocycles. The Morgan fingerprint density at radius 1 is 0.824 bits per heavy atom. The first kappa shape index (κ1) is 14.2. The Labute approximate surface area is 106 Å². The molecule has 0 atom stereocenters. The van der Waals surface area contributed by atoms with Gasteiger partial charge in [0.2, 0.25) is 0 Å². The maximum Gasteiger partial charge on any atom is 0.0466 e. The number of rotatable bonds is 10. The van der Waals surface area contributed by atoms with E-state index in [0.717, 1.165) is 13.2 Å². The molecule has 0 bridgehead atoms. The molecule has 0 aliphatic heterocycles. The summed E-state index contributed by atoms with van der Waals surface area (Å²) in [6.45, 7) is 4.12. The summed E-state index contributed by atoms with van der Waals surface area (Å²) < 4.78 is 5.62. The van der Waals surface area contributed by atoms with Crippen molar-refractivity contribution in [2.24, 2.45) is 0 Å². The van der Waals surface area contributed by atoms with Crippen LogP contribution in [0.3, 0.4) is 0 Å². The van der Waals surface area contributed by atoms with Gasteiger partial charge in [0.25, 0.3) is 0 Å². The molecule has 0 amide bonds. The molecule has 0 N–H and O–H groups in total. The second kappa shape index (κ2) is 10.3. The van der Waals surface area contributed by atoms with Crippen LogP contribution in [0.1, 0.15) is 51.0 Å². The second-order valence-electron chi connectivity index (χ2n) is 4.62. The SMILES string of the molecule is CCCCCCOCCCCc1ccccc1. The number of unbranched alkanes of at least 4 members (excludes halogenated alkanes) is 4. The average molecular weight is 234 g/mol. The lowest BCUT2D eigenvalue weighted by atomic mass is 10.1. The third-order valence-corrected chi connectivity index (χ3v) is 2.99. The van der Waals surface area contributed by atoms with E-state index in [-0.39, 0.29) is 0 Å². The summed E-state index contributed by atoms with van der Waals surface area (Å²) in [5.74, 6) is 0. The molecule has 0 aromatic heterocycles. The normalized spacial score (nSPS) is 10.6. The molecule has 17 heavy (non-hydrogen) atoms. The van der Waals surface area contributed by atoms with Gasteiger partial charge in [-0.25, -0.2) is 0 Å². The molecule has 0 unspecified atom stereocenters. The van der Waals surface area contributed by atoms with E-state index in [4.69, 9.17) is 4.74 Å². The Morgan fingerprint density at radius 2 is 1.53 bits per heavy atom. The van der Waals surface area contributed by atoms with Crippen LogP contribution >= 0.6 is 0 Å². The summed E-state index contributed by atoms with van der Waals surface area (Å²) in [6.07, 6.45) is 8.79. The molecular weight excluding hydrogens is 208 g/mol. The zero-order chi connectivity index (χ0) is 12.2. The summed E-state index contributed by atoms with van der Waals surface area (Å²) in [7, 11) is 0. The van der Waals surface area contributed by atoms with Gasteiger partial charge in [-0.1, -0.05) is 56.5 Å². The summed E-state index contributed by atoms with van der Waals surface area (Å²) in [6, 6.07) is 10.7. The quantitative estimate of drug-likeness (QED) is 0.537. The molecular formula is C16H26O. The van der Waals surface area contributed by atoms with E-state index in [1.54, 1.807) is 0 Å². The number of aryl methyl sites for hydroxylation is 1. The van der Waals surface area contributed by atoms with Gasteiger partial charge in [0.15, 0.2) is 0 Å². The molecule has 0 aliphatic rings. The van der Waals surface area contributed by atoms with Gasteiger partial charge in [0.1, 0.15) is 0 Å². The molecule has 1 aromatic carbocycles. The van der Waals surface area contributed by atoms with Crippen LogP contribution in [0.25, 0.3) is 0 Å². The molecule has 0 fully saturated rings. The van der Waals surface area contributed by atoms with Crippen LogP contribution in [0.15, 0.2) is 30.3 Å². The van der Waals surface area contributed by atoms with Gasteiger partial charge in [-0.05, 0) is 31.2 Å². The Morgan fingerprint density at radius 3 is 2.24 bits per heavy atom. The van der Waals surface area contributed by atoms with Crippen molar-refractivity contribution < 1.29 is 4.74 Å². The highest BCUT2D eigenvalue weighted by atomic mass is 16.5. The first-order valence-corrected chi connectivity index (χ1v) is 7.05. The lowest BCUT2D eigenvalue weighted by Gasteiger charge is -2.04. The molecule has 1 nitrogen and oxygen atoms in total. The van der Waals surface area contributed by atoms with E-state index in [2.05, 4.69) is 37.3 Å². The van der Waals surface area contributed by atoms with Crippen LogP contribution in [-0.2, 0) is 11.2 Å². The predicted molar refractivity (Wildman–Crippen MR) is 74.3 cm³/mol. The van der Waals surface area contributed by atoms with Gasteiger partial charge in [0.05, 0.1) is 0 Å². The van der Waals surface area contributed by atoms with E-state index in [1.807, 2.05) is 0 Å². The van der Waals surface area contributed by atoms with Crippen molar-refractivity contribution in [3.05, 3.63) is 35.9 Å². The summed E-state index contributed by atoms with van der Waals surface area (Å²) in [5, 5.41) is 0. The average Bonchev–Trinajstić information content (AvgIpc) is 2.38. The highest BCUT2D eigenvalue weighted by molar-refractivity contribution is 5.14.